The molecule has 3 aromatic carbocycles. The van der Waals surface area contributed by atoms with E-state index in [1.165, 1.54) is 4.90 Å². The fourth-order valence-corrected chi connectivity index (χ4v) is 5.41. The largest absolute Gasteiger partial charge is 0.354 e. The summed E-state index contributed by atoms with van der Waals surface area (Å²) >= 11 is 0. The summed E-state index contributed by atoms with van der Waals surface area (Å²) in [4.78, 5) is 29.2. The number of hydrogen-bond acceptors (Lipinski definition) is 4. The molecule has 0 aliphatic rings. The van der Waals surface area contributed by atoms with Gasteiger partial charge in [0.05, 0.1) is 11.9 Å². The van der Waals surface area contributed by atoms with Crippen molar-refractivity contribution in [3.8, 4) is 0 Å². The van der Waals surface area contributed by atoms with Gasteiger partial charge in [0.2, 0.25) is 21.8 Å². The van der Waals surface area contributed by atoms with Gasteiger partial charge in [-0.2, -0.15) is 0 Å². The minimum absolute atomic E-state index is 0.169. The van der Waals surface area contributed by atoms with Crippen LogP contribution in [-0.2, 0) is 32.6 Å². The number of amides is 2. The molecule has 0 aliphatic carbocycles. The number of nitrogens with zero attached hydrogens (tertiary/aromatic N) is 2. The first-order valence-corrected chi connectivity index (χ1v) is 15.1. The smallest absolute Gasteiger partial charge is 0.244 e. The Morgan fingerprint density at radius 3 is 2.18 bits per heavy atom. The molecule has 3 rings (SSSR count). The average Bonchev–Trinajstić information content (AvgIpc) is 2.89. The van der Waals surface area contributed by atoms with Gasteiger partial charge in [0, 0.05) is 19.5 Å². The maximum atomic E-state index is 14.1. The molecule has 208 valence electrons. The summed E-state index contributed by atoms with van der Waals surface area (Å²) in [5, 5.41) is 2.95. The highest BCUT2D eigenvalue weighted by molar-refractivity contribution is 7.92. The van der Waals surface area contributed by atoms with E-state index in [4.69, 9.17) is 0 Å². The van der Waals surface area contributed by atoms with Crippen LogP contribution in [0.5, 0.6) is 0 Å². The van der Waals surface area contributed by atoms with E-state index in [-0.39, 0.29) is 12.5 Å². The van der Waals surface area contributed by atoms with E-state index in [9.17, 15) is 18.0 Å². The number of anilines is 1. The van der Waals surface area contributed by atoms with Crippen molar-refractivity contribution >= 4 is 27.5 Å². The first-order chi connectivity index (χ1) is 18.5. The Morgan fingerprint density at radius 2 is 1.54 bits per heavy atom. The standard InChI is InChI=1S/C31H39N3O4S/c1-6-17-32-31(36)29(20-26-12-8-7-9-13-26)33(21-27-14-10-11-23(2)18-27)30(35)22-34(39(5,37)38)28-19-24(3)15-16-25(28)4/h7-16,18-19,29H,6,17,20-22H2,1-5H3,(H,32,36). The van der Waals surface area contributed by atoms with Crippen LogP contribution in [0.15, 0.2) is 72.8 Å². The zero-order chi connectivity index (χ0) is 28.6. The van der Waals surface area contributed by atoms with Crippen LogP contribution in [0.2, 0.25) is 0 Å². The number of benzene rings is 3. The third-order valence-corrected chi connectivity index (χ3v) is 7.69. The van der Waals surface area contributed by atoms with Crippen LogP contribution in [-0.4, -0.2) is 50.5 Å². The molecular formula is C31H39N3O4S. The van der Waals surface area contributed by atoms with Gasteiger partial charge in [-0.3, -0.25) is 13.9 Å². The highest BCUT2D eigenvalue weighted by Gasteiger charge is 2.33. The molecule has 1 unspecified atom stereocenters. The molecule has 2 amide bonds. The SMILES string of the molecule is CCCNC(=O)C(Cc1ccccc1)N(Cc1cccc(C)c1)C(=O)CN(c1cc(C)ccc1C)S(C)(=O)=O. The maximum absolute atomic E-state index is 14.1. The van der Waals surface area contributed by atoms with Gasteiger partial charge in [0.1, 0.15) is 12.6 Å². The Labute approximate surface area is 232 Å². The van der Waals surface area contributed by atoms with E-state index in [1.54, 1.807) is 6.07 Å². The lowest BCUT2D eigenvalue weighted by Gasteiger charge is -2.34. The van der Waals surface area contributed by atoms with Crippen molar-refractivity contribution in [2.24, 2.45) is 0 Å². The fraction of sp³-hybridized carbons (Fsp3) is 0.355. The molecule has 0 saturated carbocycles. The van der Waals surface area contributed by atoms with E-state index in [1.807, 2.05) is 94.4 Å². The quantitative estimate of drug-likeness (QED) is 0.359. The molecule has 1 atom stereocenters. The second kappa shape index (κ2) is 13.4. The van der Waals surface area contributed by atoms with Gasteiger partial charge >= 0.3 is 0 Å². The van der Waals surface area contributed by atoms with Gasteiger partial charge < -0.3 is 10.2 Å². The lowest BCUT2D eigenvalue weighted by molar-refractivity contribution is -0.140. The van der Waals surface area contributed by atoms with E-state index in [0.717, 1.165) is 44.8 Å². The summed E-state index contributed by atoms with van der Waals surface area (Å²) in [7, 11) is -3.80. The zero-order valence-corrected chi connectivity index (χ0v) is 24.3. The van der Waals surface area contributed by atoms with Gasteiger partial charge in [-0.25, -0.2) is 8.42 Å². The third-order valence-electron chi connectivity index (χ3n) is 6.57. The van der Waals surface area contributed by atoms with Crippen LogP contribution in [0.1, 0.15) is 41.2 Å². The topological polar surface area (TPSA) is 86.8 Å². The van der Waals surface area contributed by atoms with Gasteiger partial charge in [-0.15, -0.1) is 0 Å². The summed E-state index contributed by atoms with van der Waals surface area (Å²) in [6.45, 7) is 7.87. The summed E-state index contributed by atoms with van der Waals surface area (Å²) in [5.74, 6) is -0.713. The molecule has 0 saturated heterocycles. The van der Waals surface area contributed by atoms with Crippen molar-refractivity contribution in [1.82, 2.24) is 10.2 Å². The first kappa shape index (κ1) is 29.9. The predicted octanol–water partition coefficient (Wildman–Crippen LogP) is 4.54. The Hall–Kier alpha value is -3.65. The lowest BCUT2D eigenvalue weighted by atomic mass is 10.0. The van der Waals surface area contributed by atoms with Crippen LogP contribution in [0, 0.1) is 20.8 Å². The summed E-state index contributed by atoms with van der Waals surface area (Å²) in [5.41, 5.74) is 4.88. The zero-order valence-electron chi connectivity index (χ0n) is 23.5. The Morgan fingerprint density at radius 1 is 0.872 bits per heavy atom. The number of carbonyl (C=O) groups is 2. The van der Waals surface area contributed by atoms with Crippen molar-refractivity contribution in [3.05, 3.63) is 101 Å². The van der Waals surface area contributed by atoms with Crippen LogP contribution < -0.4 is 9.62 Å². The molecule has 39 heavy (non-hydrogen) atoms. The van der Waals surface area contributed by atoms with E-state index in [2.05, 4.69) is 5.32 Å². The predicted molar refractivity (Wildman–Crippen MR) is 157 cm³/mol. The van der Waals surface area contributed by atoms with Crippen LogP contribution in [0.25, 0.3) is 0 Å². The monoisotopic (exact) mass is 549 g/mol. The molecule has 7 nitrogen and oxygen atoms in total. The highest BCUT2D eigenvalue weighted by atomic mass is 32.2. The number of hydrogen-bond donors (Lipinski definition) is 1. The van der Waals surface area contributed by atoms with Gasteiger partial charge in [-0.1, -0.05) is 79.2 Å². The number of nitrogens with one attached hydrogen (secondary N) is 1. The number of rotatable bonds is 12. The molecular weight excluding hydrogens is 510 g/mol. The minimum Gasteiger partial charge on any atom is -0.354 e. The Balaban J connectivity index is 2.07. The van der Waals surface area contributed by atoms with E-state index >= 15 is 0 Å². The van der Waals surface area contributed by atoms with Crippen molar-refractivity contribution in [2.45, 2.75) is 53.1 Å². The van der Waals surface area contributed by atoms with Gasteiger partial charge in [0.25, 0.3) is 0 Å². The summed E-state index contributed by atoms with van der Waals surface area (Å²) in [6.07, 6.45) is 2.16. The summed E-state index contributed by atoms with van der Waals surface area (Å²) in [6, 6.07) is 22.0. The van der Waals surface area contributed by atoms with Crippen LogP contribution in [0.3, 0.4) is 0 Å². The molecule has 1 N–H and O–H groups in total. The van der Waals surface area contributed by atoms with Gasteiger partial charge in [-0.05, 0) is 55.5 Å². The molecule has 0 aromatic heterocycles. The summed E-state index contributed by atoms with van der Waals surface area (Å²) < 4.78 is 27.1. The fourth-order valence-electron chi connectivity index (χ4n) is 4.51. The maximum Gasteiger partial charge on any atom is 0.244 e. The molecule has 0 heterocycles. The molecule has 0 fully saturated rings. The van der Waals surface area contributed by atoms with Crippen molar-refractivity contribution in [2.75, 3.05) is 23.7 Å². The molecule has 0 radical (unpaired) electrons. The molecule has 8 heteroatoms. The average molecular weight is 550 g/mol. The molecule has 3 aromatic rings. The lowest BCUT2D eigenvalue weighted by Crippen LogP contribution is -2.53. The van der Waals surface area contributed by atoms with E-state index in [0.29, 0.717) is 18.7 Å². The normalized spacial score (nSPS) is 12.0. The van der Waals surface area contributed by atoms with Gasteiger partial charge in [0.15, 0.2) is 0 Å². The van der Waals surface area contributed by atoms with Crippen molar-refractivity contribution < 1.29 is 18.0 Å². The number of aryl methyl sites for hydroxylation is 3. The second-order valence-corrected chi connectivity index (χ2v) is 12.0. The molecule has 0 spiro atoms. The van der Waals surface area contributed by atoms with Crippen LogP contribution in [0.4, 0.5) is 5.69 Å². The van der Waals surface area contributed by atoms with E-state index < -0.39 is 28.5 Å². The van der Waals surface area contributed by atoms with Crippen molar-refractivity contribution in [1.29, 1.82) is 0 Å². The highest BCUT2D eigenvalue weighted by Crippen LogP contribution is 2.25. The Bertz CT molecular complexity index is 1390. The first-order valence-electron chi connectivity index (χ1n) is 13.2. The minimum atomic E-state index is -3.80. The van der Waals surface area contributed by atoms with Crippen molar-refractivity contribution in [3.63, 3.8) is 0 Å². The third kappa shape index (κ3) is 8.42. The number of carbonyl (C=O) groups excluding carboxylic acids is 2. The van der Waals surface area contributed by atoms with Crippen LogP contribution >= 0.6 is 0 Å². The number of sulfonamides is 1. The Kier molecular flexibility index (Phi) is 10.3. The second-order valence-electron chi connectivity index (χ2n) is 10.1. The molecule has 0 aliphatic heterocycles. The molecule has 0 bridgehead atoms.